The number of carboxylic acid groups (broad SMARTS) is 1. The third kappa shape index (κ3) is 6.73. The Morgan fingerprint density at radius 1 is 1.21 bits per heavy atom. The molecule has 2 amide bonds. The molecule has 4 N–H and O–H groups in total. The van der Waals surface area contributed by atoms with Crippen LogP contribution in [-0.2, 0) is 19.1 Å². The van der Waals surface area contributed by atoms with E-state index in [9.17, 15) is 14.4 Å². The molecule has 1 fully saturated rings. The second kappa shape index (κ2) is 7.70. The number of ether oxygens (including phenoxy) is 1. The van der Waals surface area contributed by atoms with E-state index in [1.54, 1.807) is 0 Å². The van der Waals surface area contributed by atoms with Crippen LogP contribution in [0.1, 0.15) is 12.8 Å². The zero-order chi connectivity index (χ0) is 14.3. The van der Waals surface area contributed by atoms with Gasteiger partial charge in [0.05, 0.1) is 19.6 Å². The van der Waals surface area contributed by atoms with Gasteiger partial charge in [-0.05, 0) is 12.8 Å². The van der Waals surface area contributed by atoms with Crippen molar-refractivity contribution in [1.29, 1.82) is 0 Å². The highest BCUT2D eigenvalue weighted by atomic mass is 16.5. The Morgan fingerprint density at radius 3 is 2.37 bits per heavy atom. The lowest BCUT2D eigenvalue weighted by atomic mass is 10.1. The molecule has 1 aliphatic heterocycles. The number of nitrogens with two attached hydrogens (primary N) is 1. The van der Waals surface area contributed by atoms with Crippen LogP contribution in [-0.4, -0.2) is 66.7 Å². The van der Waals surface area contributed by atoms with Crippen LogP contribution in [0.5, 0.6) is 0 Å². The summed E-state index contributed by atoms with van der Waals surface area (Å²) in [6.45, 7) is 0.389. The van der Waals surface area contributed by atoms with Crippen LogP contribution < -0.4 is 11.1 Å². The Labute approximate surface area is 110 Å². The zero-order valence-electron chi connectivity index (χ0n) is 10.6. The third-order valence-corrected chi connectivity index (χ3v) is 2.69. The second-order valence-corrected chi connectivity index (χ2v) is 4.46. The highest BCUT2D eigenvalue weighted by Crippen LogP contribution is 2.05. The average Bonchev–Trinajstić information content (AvgIpc) is 2.27. The highest BCUT2D eigenvalue weighted by Gasteiger charge is 2.20. The summed E-state index contributed by atoms with van der Waals surface area (Å²) < 4.78 is 5.17. The summed E-state index contributed by atoms with van der Waals surface area (Å²) in [7, 11) is 0. The van der Waals surface area contributed by atoms with E-state index in [2.05, 4.69) is 5.32 Å². The van der Waals surface area contributed by atoms with Crippen LogP contribution in [0.15, 0.2) is 0 Å². The standard InChI is InChI=1S/C11H19N3O5/c12-9(15)5-14(7-11(17)18)6-10(16)13-8-1-3-19-4-2-8/h8H,1-7H2,(H2,12,15)(H,13,16)(H,17,18). The lowest BCUT2D eigenvalue weighted by Gasteiger charge is -2.25. The van der Waals surface area contributed by atoms with Gasteiger partial charge >= 0.3 is 5.97 Å². The van der Waals surface area contributed by atoms with E-state index in [1.165, 1.54) is 4.90 Å². The second-order valence-electron chi connectivity index (χ2n) is 4.46. The SMILES string of the molecule is NC(=O)CN(CC(=O)O)CC(=O)NC1CCOCC1. The van der Waals surface area contributed by atoms with Crippen molar-refractivity contribution in [1.82, 2.24) is 10.2 Å². The molecule has 0 aromatic heterocycles. The minimum atomic E-state index is -1.11. The van der Waals surface area contributed by atoms with Gasteiger partial charge in [0.15, 0.2) is 0 Å². The number of rotatable bonds is 7. The fraction of sp³-hybridized carbons (Fsp3) is 0.727. The molecular formula is C11H19N3O5. The minimum absolute atomic E-state index is 0.0431. The first-order valence-electron chi connectivity index (χ1n) is 6.07. The summed E-state index contributed by atoms with van der Waals surface area (Å²) in [5.74, 6) is -2.09. The zero-order valence-corrected chi connectivity index (χ0v) is 10.6. The van der Waals surface area contributed by atoms with Crippen molar-refractivity contribution >= 4 is 17.8 Å². The Kier molecular flexibility index (Phi) is 6.23. The molecule has 1 saturated heterocycles. The van der Waals surface area contributed by atoms with Crippen LogP contribution >= 0.6 is 0 Å². The van der Waals surface area contributed by atoms with E-state index in [4.69, 9.17) is 15.6 Å². The molecule has 8 nitrogen and oxygen atoms in total. The molecule has 8 heteroatoms. The fourth-order valence-corrected chi connectivity index (χ4v) is 1.90. The quantitative estimate of drug-likeness (QED) is 0.500. The largest absolute Gasteiger partial charge is 0.480 e. The van der Waals surface area contributed by atoms with Crippen LogP contribution in [0, 0.1) is 0 Å². The number of nitrogens with one attached hydrogen (secondary N) is 1. The van der Waals surface area contributed by atoms with Crippen LogP contribution in [0.2, 0.25) is 0 Å². The predicted molar refractivity (Wildman–Crippen MR) is 65.3 cm³/mol. The molecule has 108 valence electrons. The van der Waals surface area contributed by atoms with Gasteiger partial charge in [-0.2, -0.15) is 0 Å². The number of hydrogen-bond acceptors (Lipinski definition) is 5. The lowest BCUT2D eigenvalue weighted by Crippen LogP contribution is -2.47. The van der Waals surface area contributed by atoms with Crippen LogP contribution in [0.4, 0.5) is 0 Å². The minimum Gasteiger partial charge on any atom is -0.480 e. The van der Waals surface area contributed by atoms with E-state index in [0.29, 0.717) is 13.2 Å². The Balaban J connectivity index is 2.40. The number of nitrogens with zero attached hydrogens (tertiary/aromatic N) is 1. The van der Waals surface area contributed by atoms with Gasteiger partial charge in [0.2, 0.25) is 11.8 Å². The normalized spacial score (nSPS) is 16.3. The molecule has 0 spiro atoms. The van der Waals surface area contributed by atoms with E-state index in [0.717, 1.165) is 12.8 Å². The summed E-state index contributed by atoms with van der Waals surface area (Å²) in [5.41, 5.74) is 5.01. The third-order valence-electron chi connectivity index (χ3n) is 2.69. The molecule has 0 aliphatic carbocycles. The Morgan fingerprint density at radius 2 is 1.84 bits per heavy atom. The molecule has 1 rings (SSSR count). The molecule has 0 bridgehead atoms. The van der Waals surface area contributed by atoms with E-state index in [1.807, 2.05) is 0 Å². The van der Waals surface area contributed by atoms with Gasteiger partial charge in [-0.3, -0.25) is 19.3 Å². The number of primary amides is 1. The summed E-state index contributed by atoms with van der Waals surface area (Å²) in [5, 5.41) is 11.5. The topological polar surface area (TPSA) is 122 Å². The number of carbonyl (C=O) groups excluding carboxylic acids is 2. The van der Waals surface area contributed by atoms with Gasteiger partial charge in [0, 0.05) is 19.3 Å². The highest BCUT2D eigenvalue weighted by molar-refractivity contribution is 5.81. The molecule has 0 radical (unpaired) electrons. The number of aliphatic carboxylic acids is 1. The number of carboxylic acids is 1. The smallest absolute Gasteiger partial charge is 0.317 e. The first-order valence-corrected chi connectivity index (χ1v) is 6.07. The van der Waals surface area contributed by atoms with Crippen molar-refractivity contribution in [3.63, 3.8) is 0 Å². The van der Waals surface area contributed by atoms with E-state index >= 15 is 0 Å². The summed E-state index contributed by atoms with van der Waals surface area (Å²) in [4.78, 5) is 34.4. The van der Waals surface area contributed by atoms with Crippen molar-refractivity contribution < 1.29 is 24.2 Å². The van der Waals surface area contributed by atoms with Gasteiger partial charge in [0.1, 0.15) is 0 Å². The van der Waals surface area contributed by atoms with Gasteiger partial charge in [0.25, 0.3) is 0 Å². The van der Waals surface area contributed by atoms with Gasteiger partial charge < -0.3 is 20.9 Å². The maximum Gasteiger partial charge on any atom is 0.317 e. The molecule has 0 saturated carbocycles. The Bertz CT molecular complexity index is 325. The van der Waals surface area contributed by atoms with E-state index < -0.39 is 18.4 Å². The monoisotopic (exact) mass is 273 g/mol. The summed E-state index contributed by atoms with van der Waals surface area (Å²) in [6.07, 6.45) is 1.47. The molecule has 1 heterocycles. The fourth-order valence-electron chi connectivity index (χ4n) is 1.90. The molecule has 0 unspecified atom stereocenters. The van der Waals surface area contributed by atoms with Gasteiger partial charge in [-0.25, -0.2) is 0 Å². The van der Waals surface area contributed by atoms with Crippen molar-refractivity contribution in [3.8, 4) is 0 Å². The number of amides is 2. The predicted octanol–water partition coefficient (Wildman–Crippen LogP) is -1.85. The molecule has 0 aromatic carbocycles. The van der Waals surface area contributed by atoms with Gasteiger partial charge in [-0.15, -0.1) is 0 Å². The number of hydrogen-bond donors (Lipinski definition) is 3. The van der Waals surface area contributed by atoms with E-state index in [-0.39, 0.29) is 25.0 Å². The number of carbonyl (C=O) groups is 3. The maximum atomic E-state index is 11.7. The van der Waals surface area contributed by atoms with Crippen molar-refractivity contribution in [3.05, 3.63) is 0 Å². The van der Waals surface area contributed by atoms with Crippen LogP contribution in [0.25, 0.3) is 0 Å². The first kappa shape index (κ1) is 15.4. The molecular weight excluding hydrogens is 254 g/mol. The summed E-state index contributed by atoms with van der Waals surface area (Å²) in [6, 6.07) is 0.0431. The molecule has 0 aromatic rings. The molecule has 1 aliphatic rings. The molecule has 19 heavy (non-hydrogen) atoms. The lowest BCUT2D eigenvalue weighted by molar-refractivity contribution is -0.139. The van der Waals surface area contributed by atoms with Crippen LogP contribution in [0.3, 0.4) is 0 Å². The van der Waals surface area contributed by atoms with Crippen molar-refractivity contribution in [2.45, 2.75) is 18.9 Å². The van der Waals surface area contributed by atoms with Crippen molar-refractivity contribution in [2.24, 2.45) is 5.73 Å². The summed E-state index contributed by atoms with van der Waals surface area (Å²) >= 11 is 0. The van der Waals surface area contributed by atoms with Crippen molar-refractivity contribution in [2.75, 3.05) is 32.8 Å². The average molecular weight is 273 g/mol. The van der Waals surface area contributed by atoms with Gasteiger partial charge in [-0.1, -0.05) is 0 Å². The Hall–Kier alpha value is -1.67. The first-order chi connectivity index (χ1) is 8.97. The maximum absolute atomic E-state index is 11.7. The molecule has 0 atom stereocenters.